The van der Waals surface area contributed by atoms with E-state index >= 15 is 0 Å². The molecule has 0 radical (unpaired) electrons. The van der Waals surface area contributed by atoms with Crippen LogP contribution in [-0.2, 0) is 25.4 Å². The molecule has 3 aromatic rings. The summed E-state index contributed by atoms with van der Waals surface area (Å²) in [6.45, 7) is 15.2. The second-order valence-corrected chi connectivity index (χ2v) is 16.5. The number of hydrogen-bond donors (Lipinski definition) is 2. The van der Waals surface area contributed by atoms with Gasteiger partial charge in [0.2, 0.25) is 5.60 Å². The van der Waals surface area contributed by atoms with Crippen molar-refractivity contribution in [2.45, 2.75) is 110 Å². The zero-order chi connectivity index (χ0) is 36.1. The minimum Gasteiger partial charge on any atom is -0.404 e. The molecule has 2 amide bonds. The summed E-state index contributed by atoms with van der Waals surface area (Å²) >= 11 is 0. The lowest BCUT2D eigenvalue weighted by atomic mass is 9.43. The minimum atomic E-state index is -1.30. The molecule has 2 aliphatic heterocycles. The van der Waals surface area contributed by atoms with Crippen molar-refractivity contribution in [1.82, 2.24) is 25.4 Å². The number of rotatable bonds is 12. The Morgan fingerprint density at radius 2 is 1.78 bits per heavy atom. The maximum atomic E-state index is 14.5. The zero-order valence-corrected chi connectivity index (χ0v) is 30.9. The SMILES string of the molecule is CC(C)C[C@H](NC(=O)C1(Cc2ccccc2)CC(CNC(=O)c2cc(-c3ccccn3)nn2C(C)C)=NO1)B1O[C@@H]2C[C@@H]3C[C@@H](C3(C)C)[C@]2(C)O1. The molecule has 3 aliphatic carbocycles. The molecule has 51 heavy (non-hydrogen) atoms. The van der Waals surface area contributed by atoms with Crippen molar-refractivity contribution in [1.29, 1.82) is 0 Å². The summed E-state index contributed by atoms with van der Waals surface area (Å²) < 4.78 is 15.2. The van der Waals surface area contributed by atoms with E-state index in [-0.39, 0.29) is 59.8 Å². The van der Waals surface area contributed by atoms with Crippen molar-refractivity contribution in [3.05, 3.63) is 72.1 Å². The molecule has 8 rings (SSSR count). The van der Waals surface area contributed by atoms with E-state index in [1.165, 1.54) is 0 Å². The van der Waals surface area contributed by atoms with E-state index in [0.717, 1.165) is 18.4 Å². The Balaban J connectivity index is 1.07. The van der Waals surface area contributed by atoms with Gasteiger partial charge in [0.1, 0.15) is 11.4 Å². The highest BCUT2D eigenvalue weighted by atomic mass is 16.7. The number of amides is 2. The largest absolute Gasteiger partial charge is 0.481 e. The predicted molar refractivity (Wildman–Crippen MR) is 196 cm³/mol. The number of aromatic nitrogens is 3. The first-order valence-corrected chi connectivity index (χ1v) is 18.5. The van der Waals surface area contributed by atoms with Crippen LogP contribution in [-0.4, -0.2) is 69.2 Å². The summed E-state index contributed by atoms with van der Waals surface area (Å²) in [6, 6.07) is 17.1. The van der Waals surface area contributed by atoms with E-state index in [1.807, 2.05) is 62.4 Å². The maximum absolute atomic E-state index is 14.5. The van der Waals surface area contributed by atoms with Gasteiger partial charge in [-0.2, -0.15) is 5.10 Å². The number of hydrogen-bond acceptors (Lipinski definition) is 8. The average Bonchev–Trinajstić information content (AvgIpc) is 3.83. The first-order chi connectivity index (χ1) is 24.3. The molecule has 2 aromatic heterocycles. The Hall–Kier alpha value is -4.03. The molecule has 2 N–H and O–H groups in total. The monoisotopic (exact) mass is 694 g/mol. The van der Waals surface area contributed by atoms with Crippen molar-refractivity contribution < 1.29 is 23.7 Å². The quantitative estimate of drug-likeness (QED) is 0.229. The van der Waals surface area contributed by atoms with Crippen LogP contribution in [0.1, 0.15) is 96.2 Å². The van der Waals surface area contributed by atoms with Crippen LogP contribution in [0.2, 0.25) is 0 Å². The molecule has 270 valence electrons. The topological polar surface area (TPSA) is 129 Å². The molecule has 1 saturated heterocycles. The van der Waals surface area contributed by atoms with Gasteiger partial charge in [0.05, 0.1) is 35.6 Å². The number of benzene rings is 1. The molecule has 12 heteroatoms. The molecule has 4 fully saturated rings. The normalized spacial score (nSPS) is 28.1. The van der Waals surface area contributed by atoms with Crippen LogP contribution in [0.4, 0.5) is 0 Å². The van der Waals surface area contributed by atoms with Gasteiger partial charge in [-0.3, -0.25) is 19.3 Å². The van der Waals surface area contributed by atoms with Crippen LogP contribution in [0.3, 0.4) is 0 Å². The van der Waals surface area contributed by atoms with Gasteiger partial charge >= 0.3 is 7.12 Å². The fourth-order valence-electron chi connectivity index (χ4n) is 8.85. The lowest BCUT2D eigenvalue weighted by molar-refractivity contribution is -0.199. The molecular formula is C39H51BN6O5. The van der Waals surface area contributed by atoms with E-state index in [0.29, 0.717) is 47.5 Å². The third-order valence-corrected chi connectivity index (χ3v) is 11.8. The fourth-order valence-corrected chi connectivity index (χ4v) is 8.85. The molecule has 6 atom stereocenters. The number of nitrogens with zero attached hydrogens (tertiary/aromatic N) is 4. The number of oxime groups is 1. The molecule has 2 bridgehead atoms. The standard InChI is InChI=1S/C39H51BN6O5/c1-24(2)17-34(40-49-33-19-27-18-32(37(27,5)6)38(33,7)50-40)43-36(48)39(21-26-13-9-8-10-14-26)22-28(45-51-39)23-42-35(47)31-20-30(44-46(31)25(3)4)29-15-11-12-16-41-29/h8-16,20,24-25,27,32-34H,17-19,21-23H2,1-7H3,(H,42,47)(H,43,48)/t27-,32-,33+,34-,38-,39?/m0/s1. The van der Waals surface area contributed by atoms with E-state index in [1.54, 1.807) is 16.9 Å². The maximum Gasteiger partial charge on any atom is 0.481 e. The Labute approximate surface area is 301 Å². The third kappa shape index (κ3) is 6.61. The average molecular weight is 695 g/mol. The van der Waals surface area contributed by atoms with E-state index in [4.69, 9.17) is 14.1 Å². The van der Waals surface area contributed by atoms with E-state index < -0.39 is 12.7 Å². The van der Waals surface area contributed by atoms with Crippen LogP contribution in [0.25, 0.3) is 11.4 Å². The molecule has 3 saturated carbocycles. The highest BCUT2D eigenvalue weighted by molar-refractivity contribution is 6.48. The summed E-state index contributed by atoms with van der Waals surface area (Å²) in [4.78, 5) is 38.6. The van der Waals surface area contributed by atoms with Gasteiger partial charge in [-0.05, 0) is 87.0 Å². The van der Waals surface area contributed by atoms with Crippen LogP contribution in [0, 0.1) is 23.2 Å². The molecule has 1 unspecified atom stereocenters. The lowest BCUT2D eigenvalue weighted by Crippen LogP contribution is -2.65. The second kappa shape index (κ2) is 13.5. The molecular weight excluding hydrogens is 643 g/mol. The highest BCUT2D eigenvalue weighted by Gasteiger charge is 2.68. The lowest BCUT2D eigenvalue weighted by Gasteiger charge is -2.64. The van der Waals surface area contributed by atoms with Crippen LogP contribution in [0.5, 0.6) is 0 Å². The summed E-state index contributed by atoms with van der Waals surface area (Å²) in [5.41, 5.74) is 1.78. The summed E-state index contributed by atoms with van der Waals surface area (Å²) in [7, 11) is -0.557. The van der Waals surface area contributed by atoms with Gasteiger partial charge in [0, 0.05) is 25.1 Å². The van der Waals surface area contributed by atoms with E-state index in [2.05, 4.69) is 60.5 Å². The second-order valence-electron chi connectivity index (χ2n) is 16.5. The Morgan fingerprint density at radius 1 is 1.02 bits per heavy atom. The Morgan fingerprint density at radius 3 is 2.47 bits per heavy atom. The molecule has 4 heterocycles. The zero-order valence-electron chi connectivity index (χ0n) is 30.9. The third-order valence-electron chi connectivity index (χ3n) is 11.8. The molecule has 11 nitrogen and oxygen atoms in total. The van der Waals surface area contributed by atoms with Gasteiger partial charge in [-0.25, -0.2) is 0 Å². The summed E-state index contributed by atoms with van der Waals surface area (Å²) in [6.07, 6.45) is 5.07. The number of carbonyl (C=O) groups is 2. The first-order valence-electron chi connectivity index (χ1n) is 18.5. The number of pyridine rings is 1. The fraction of sp³-hybridized carbons (Fsp3) is 0.564. The summed E-state index contributed by atoms with van der Waals surface area (Å²) in [5, 5.41) is 15.4. The van der Waals surface area contributed by atoms with Gasteiger partial charge in [-0.1, -0.05) is 69.2 Å². The van der Waals surface area contributed by atoms with E-state index in [9.17, 15) is 9.59 Å². The van der Waals surface area contributed by atoms with Gasteiger partial charge < -0.3 is 24.8 Å². The van der Waals surface area contributed by atoms with Crippen molar-refractivity contribution in [3.63, 3.8) is 0 Å². The molecule has 5 aliphatic rings. The molecule has 0 spiro atoms. The van der Waals surface area contributed by atoms with Crippen molar-refractivity contribution in [2.75, 3.05) is 6.54 Å². The number of carbonyl (C=O) groups excluding carboxylic acids is 2. The molecule has 1 aromatic carbocycles. The van der Waals surface area contributed by atoms with Gasteiger partial charge in [0.15, 0.2) is 0 Å². The highest BCUT2D eigenvalue weighted by Crippen LogP contribution is 2.65. The Bertz CT molecular complexity index is 1780. The Kier molecular flexibility index (Phi) is 9.37. The summed E-state index contributed by atoms with van der Waals surface area (Å²) in [5.74, 6) is 0.407. The predicted octanol–water partition coefficient (Wildman–Crippen LogP) is 5.81. The van der Waals surface area contributed by atoms with Gasteiger partial charge in [0.25, 0.3) is 11.8 Å². The van der Waals surface area contributed by atoms with Gasteiger partial charge in [-0.15, -0.1) is 0 Å². The smallest absolute Gasteiger partial charge is 0.404 e. The minimum absolute atomic E-state index is 0.0115. The van der Waals surface area contributed by atoms with Crippen molar-refractivity contribution in [3.8, 4) is 11.4 Å². The van der Waals surface area contributed by atoms with Crippen LogP contribution >= 0.6 is 0 Å². The van der Waals surface area contributed by atoms with Crippen LogP contribution in [0.15, 0.2) is 65.9 Å². The van der Waals surface area contributed by atoms with Crippen LogP contribution < -0.4 is 10.6 Å². The number of nitrogens with one attached hydrogen (secondary N) is 2. The first kappa shape index (κ1) is 35.4. The van der Waals surface area contributed by atoms with Crippen molar-refractivity contribution >= 4 is 24.6 Å². The van der Waals surface area contributed by atoms with Crippen molar-refractivity contribution in [2.24, 2.45) is 28.3 Å².